The molecule has 0 saturated heterocycles. The summed E-state index contributed by atoms with van der Waals surface area (Å²) < 4.78 is 2.30. The van der Waals surface area contributed by atoms with Gasteiger partial charge in [-0.05, 0) is 43.4 Å². The topological polar surface area (TPSA) is 25.2 Å². The molecule has 3 nitrogen and oxygen atoms in total. The second-order valence-electron chi connectivity index (χ2n) is 8.83. The first-order valence-electron chi connectivity index (χ1n) is 11.6. The molecular formula is C26H38N2O. The van der Waals surface area contributed by atoms with Crippen molar-refractivity contribution >= 4 is 5.91 Å². The number of amides is 1. The van der Waals surface area contributed by atoms with Crippen LogP contribution in [0, 0.1) is 12.8 Å². The number of benzene rings is 1. The number of hydrogen-bond acceptors (Lipinski definition) is 1. The third-order valence-corrected chi connectivity index (χ3v) is 6.34. The Morgan fingerprint density at radius 3 is 2.72 bits per heavy atom. The van der Waals surface area contributed by atoms with Gasteiger partial charge in [0.05, 0.1) is 6.54 Å². The van der Waals surface area contributed by atoms with Crippen molar-refractivity contribution in [1.29, 1.82) is 0 Å². The molecule has 2 aromatic rings. The van der Waals surface area contributed by atoms with Crippen LogP contribution < -0.4 is 0 Å². The molecule has 1 amide bonds. The fourth-order valence-electron chi connectivity index (χ4n) is 4.58. The summed E-state index contributed by atoms with van der Waals surface area (Å²) in [5.74, 6) is 1.12. The molecule has 0 radical (unpaired) electrons. The Labute approximate surface area is 177 Å². The zero-order chi connectivity index (χ0) is 20.5. The molecule has 1 saturated carbocycles. The molecule has 0 spiro atoms. The van der Waals surface area contributed by atoms with Crippen LogP contribution in [0.3, 0.4) is 0 Å². The second-order valence-corrected chi connectivity index (χ2v) is 8.83. The van der Waals surface area contributed by atoms with Crippen molar-refractivity contribution in [2.24, 2.45) is 5.92 Å². The number of carbonyl (C=O) groups is 1. The van der Waals surface area contributed by atoms with E-state index in [2.05, 4.69) is 65.9 Å². The highest BCUT2D eigenvalue weighted by molar-refractivity contribution is 5.76. The maximum atomic E-state index is 13.1. The Morgan fingerprint density at radius 2 is 1.97 bits per heavy atom. The third kappa shape index (κ3) is 6.76. The van der Waals surface area contributed by atoms with Crippen LogP contribution in [0.15, 0.2) is 42.6 Å². The van der Waals surface area contributed by atoms with Gasteiger partial charge in [0.15, 0.2) is 0 Å². The van der Waals surface area contributed by atoms with Gasteiger partial charge in [-0.3, -0.25) is 4.79 Å². The molecule has 1 aromatic heterocycles. The van der Waals surface area contributed by atoms with E-state index in [1.165, 1.54) is 55.3 Å². The van der Waals surface area contributed by atoms with Crippen LogP contribution in [0.1, 0.15) is 81.5 Å². The van der Waals surface area contributed by atoms with Gasteiger partial charge in [0.2, 0.25) is 5.91 Å². The number of nitrogens with zero attached hydrogens (tertiary/aromatic N) is 2. The van der Waals surface area contributed by atoms with Gasteiger partial charge >= 0.3 is 0 Å². The summed E-state index contributed by atoms with van der Waals surface area (Å²) in [4.78, 5) is 15.2. The first-order valence-corrected chi connectivity index (χ1v) is 11.6. The molecule has 3 rings (SSSR count). The first-order chi connectivity index (χ1) is 14.2. The van der Waals surface area contributed by atoms with Crippen LogP contribution in [0.4, 0.5) is 0 Å². The van der Waals surface area contributed by atoms with Crippen molar-refractivity contribution in [2.45, 2.75) is 84.7 Å². The fourth-order valence-corrected chi connectivity index (χ4v) is 4.58. The van der Waals surface area contributed by atoms with Gasteiger partial charge in [0, 0.05) is 31.4 Å². The highest BCUT2D eigenvalue weighted by atomic mass is 16.2. The van der Waals surface area contributed by atoms with Gasteiger partial charge in [0.25, 0.3) is 0 Å². The van der Waals surface area contributed by atoms with Crippen LogP contribution in [0.2, 0.25) is 0 Å². The Balaban J connectivity index is 1.63. The molecule has 0 N–H and O–H groups in total. The highest BCUT2D eigenvalue weighted by Gasteiger charge is 2.20. The van der Waals surface area contributed by atoms with Crippen LogP contribution in [-0.4, -0.2) is 21.9 Å². The van der Waals surface area contributed by atoms with E-state index in [0.29, 0.717) is 5.91 Å². The van der Waals surface area contributed by atoms with Gasteiger partial charge in [0.1, 0.15) is 0 Å². The van der Waals surface area contributed by atoms with Gasteiger partial charge in [-0.1, -0.05) is 75.3 Å². The lowest BCUT2D eigenvalue weighted by atomic mass is 10.0. The molecule has 0 atom stereocenters. The minimum Gasteiger partial charge on any atom is -0.345 e. The second kappa shape index (κ2) is 11.2. The molecular weight excluding hydrogens is 356 g/mol. The lowest BCUT2D eigenvalue weighted by Crippen LogP contribution is -2.32. The van der Waals surface area contributed by atoms with E-state index in [1.54, 1.807) is 0 Å². The fraction of sp³-hybridized carbons (Fsp3) is 0.577. The predicted molar refractivity (Wildman–Crippen MR) is 121 cm³/mol. The van der Waals surface area contributed by atoms with E-state index in [9.17, 15) is 4.79 Å². The Kier molecular flexibility index (Phi) is 8.39. The minimum atomic E-state index is 0.344. The van der Waals surface area contributed by atoms with Crippen LogP contribution in [0.5, 0.6) is 0 Å². The molecule has 1 fully saturated rings. The number of hydrogen-bond donors (Lipinski definition) is 0. The zero-order valence-corrected chi connectivity index (χ0v) is 18.4. The molecule has 3 heteroatoms. The smallest absolute Gasteiger partial charge is 0.222 e. The van der Waals surface area contributed by atoms with Crippen molar-refractivity contribution in [3.05, 3.63) is 59.4 Å². The molecule has 1 aliphatic rings. The molecule has 0 aliphatic heterocycles. The Morgan fingerprint density at radius 1 is 1.14 bits per heavy atom. The summed E-state index contributed by atoms with van der Waals surface area (Å²) in [5, 5.41) is 0. The first kappa shape index (κ1) is 21.7. The monoisotopic (exact) mass is 394 g/mol. The van der Waals surface area contributed by atoms with Gasteiger partial charge in [-0.25, -0.2) is 0 Å². The van der Waals surface area contributed by atoms with Crippen molar-refractivity contribution in [3.8, 4) is 0 Å². The summed E-state index contributed by atoms with van der Waals surface area (Å²) in [6.07, 6.45) is 12.8. The molecule has 1 aromatic carbocycles. The van der Waals surface area contributed by atoms with E-state index < -0.39 is 0 Å². The lowest BCUT2D eigenvalue weighted by Gasteiger charge is -2.24. The van der Waals surface area contributed by atoms with E-state index >= 15 is 0 Å². The lowest BCUT2D eigenvalue weighted by molar-refractivity contribution is -0.132. The van der Waals surface area contributed by atoms with Crippen LogP contribution >= 0.6 is 0 Å². The molecule has 0 bridgehead atoms. The van der Waals surface area contributed by atoms with E-state index in [1.807, 2.05) is 0 Å². The standard InChI is InChI=1S/C26H38N2O/c1-3-4-7-17-28(26(29)16-15-23-11-5-6-12-23)21-25-14-9-18-27(25)20-24-13-8-10-22(2)19-24/h8-10,13-14,18-19,23H,3-7,11-12,15-17,20-21H2,1-2H3. The third-order valence-electron chi connectivity index (χ3n) is 6.34. The summed E-state index contributed by atoms with van der Waals surface area (Å²) in [5.41, 5.74) is 3.84. The summed E-state index contributed by atoms with van der Waals surface area (Å²) in [6.45, 7) is 6.83. The van der Waals surface area contributed by atoms with Gasteiger partial charge in [-0.2, -0.15) is 0 Å². The average Bonchev–Trinajstić information content (AvgIpc) is 3.38. The number of unbranched alkanes of at least 4 members (excludes halogenated alkanes) is 2. The molecule has 158 valence electrons. The largest absolute Gasteiger partial charge is 0.345 e. The van der Waals surface area contributed by atoms with E-state index in [4.69, 9.17) is 0 Å². The number of carbonyl (C=O) groups excluding carboxylic acids is 1. The van der Waals surface area contributed by atoms with Crippen molar-refractivity contribution in [1.82, 2.24) is 9.47 Å². The predicted octanol–water partition coefficient (Wildman–Crippen LogP) is 6.33. The SMILES string of the molecule is CCCCCN(Cc1cccn1Cc1cccc(C)c1)C(=O)CCC1CCCC1. The van der Waals surface area contributed by atoms with Crippen molar-refractivity contribution in [3.63, 3.8) is 0 Å². The average molecular weight is 395 g/mol. The Hall–Kier alpha value is -2.03. The Bertz CT molecular complexity index is 758. The van der Waals surface area contributed by atoms with Crippen LogP contribution in [0.25, 0.3) is 0 Å². The van der Waals surface area contributed by atoms with Gasteiger partial charge in [-0.15, -0.1) is 0 Å². The van der Waals surface area contributed by atoms with Crippen molar-refractivity contribution < 1.29 is 4.79 Å². The quantitative estimate of drug-likeness (QED) is 0.409. The molecule has 0 unspecified atom stereocenters. The van der Waals surface area contributed by atoms with E-state index in [-0.39, 0.29) is 0 Å². The summed E-state index contributed by atoms with van der Waals surface area (Å²) >= 11 is 0. The summed E-state index contributed by atoms with van der Waals surface area (Å²) in [7, 11) is 0. The maximum Gasteiger partial charge on any atom is 0.222 e. The molecule has 1 heterocycles. The maximum absolute atomic E-state index is 13.1. The van der Waals surface area contributed by atoms with Crippen molar-refractivity contribution in [2.75, 3.05) is 6.54 Å². The van der Waals surface area contributed by atoms with Gasteiger partial charge < -0.3 is 9.47 Å². The summed E-state index contributed by atoms with van der Waals surface area (Å²) in [6, 6.07) is 13.0. The minimum absolute atomic E-state index is 0.344. The normalized spacial score (nSPS) is 14.4. The zero-order valence-electron chi connectivity index (χ0n) is 18.4. The van der Waals surface area contributed by atoms with E-state index in [0.717, 1.165) is 44.8 Å². The molecule has 29 heavy (non-hydrogen) atoms. The molecule has 1 aliphatic carbocycles. The van der Waals surface area contributed by atoms with Crippen LogP contribution in [-0.2, 0) is 17.9 Å². The highest BCUT2D eigenvalue weighted by Crippen LogP contribution is 2.29. The number of rotatable bonds is 11. The number of aromatic nitrogens is 1. The number of aryl methyl sites for hydroxylation is 1.